The van der Waals surface area contributed by atoms with Crippen molar-refractivity contribution < 1.29 is 31.8 Å². The predicted molar refractivity (Wildman–Crippen MR) is 106 cm³/mol. The first-order valence-electron chi connectivity index (χ1n) is 9.52. The SMILES string of the molecule is COC[C@@H]1[C@H](O)CC[C@@]2(S(=O)(=O)c3ccc(Cl)cc3)c3c(F)ccc(F)c3OC[C@@H]12. The fraction of sp³-hybridized carbons (Fsp3) is 0.429. The van der Waals surface area contributed by atoms with Crippen molar-refractivity contribution in [2.24, 2.45) is 11.8 Å². The van der Waals surface area contributed by atoms with Crippen LogP contribution in [0.1, 0.15) is 18.4 Å². The van der Waals surface area contributed by atoms with E-state index >= 15 is 4.39 Å². The van der Waals surface area contributed by atoms with Crippen molar-refractivity contribution >= 4 is 21.4 Å². The zero-order chi connectivity index (χ0) is 21.7. The lowest BCUT2D eigenvalue weighted by Crippen LogP contribution is -2.58. The third-order valence-corrected chi connectivity index (χ3v) is 9.09. The highest BCUT2D eigenvalue weighted by atomic mass is 35.5. The average molecular weight is 459 g/mol. The number of aliphatic hydroxyl groups is 1. The molecule has 9 heteroatoms. The highest BCUT2D eigenvalue weighted by Crippen LogP contribution is 2.58. The lowest BCUT2D eigenvalue weighted by molar-refractivity contribution is -0.0517. The molecule has 0 aromatic heterocycles. The van der Waals surface area contributed by atoms with Gasteiger partial charge in [0.05, 0.1) is 29.8 Å². The van der Waals surface area contributed by atoms with E-state index in [-0.39, 0.29) is 36.5 Å². The third kappa shape index (κ3) is 3.04. The summed E-state index contributed by atoms with van der Waals surface area (Å²) in [5.74, 6) is -3.56. The Morgan fingerprint density at radius 1 is 1.20 bits per heavy atom. The third-order valence-electron chi connectivity index (χ3n) is 6.27. The van der Waals surface area contributed by atoms with E-state index in [0.29, 0.717) is 5.02 Å². The summed E-state index contributed by atoms with van der Waals surface area (Å²) >= 11 is 5.92. The maximum Gasteiger partial charge on any atom is 0.188 e. The Morgan fingerprint density at radius 3 is 2.53 bits per heavy atom. The molecule has 30 heavy (non-hydrogen) atoms. The summed E-state index contributed by atoms with van der Waals surface area (Å²) in [5, 5.41) is 10.9. The van der Waals surface area contributed by atoms with Crippen LogP contribution in [0.2, 0.25) is 5.02 Å². The van der Waals surface area contributed by atoms with Crippen LogP contribution in [0.4, 0.5) is 8.78 Å². The standard InChI is InChI=1S/C21H21ClF2O5S/c1-28-10-14-15-11-29-20-17(24)7-6-16(23)19(20)21(15,9-8-18(14)25)30(26,27)13-4-2-12(22)3-5-13/h2-7,14-15,18,25H,8-11H2,1H3/t14-,15-,18+,21-/m0/s1. The predicted octanol–water partition coefficient (Wildman–Crippen LogP) is 3.71. The number of halogens is 3. The Hall–Kier alpha value is -1.74. The maximum absolute atomic E-state index is 15.2. The van der Waals surface area contributed by atoms with Crippen molar-refractivity contribution in [3.05, 3.63) is 58.6 Å². The lowest BCUT2D eigenvalue weighted by atomic mass is 9.66. The molecule has 1 fully saturated rings. The number of hydrogen-bond donors (Lipinski definition) is 1. The number of rotatable bonds is 4. The van der Waals surface area contributed by atoms with Gasteiger partial charge in [0.2, 0.25) is 0 Å². The molecule has 2 aromatic rings. The summed E-state index contributed by atoms with van der Waals surface area (Å²) < 4.78 is 66.7. The first-order chi connectivity index (χ1) is 14.2. The van der Waals surface area contributed by atoms with E-state index in [1.54, 1.807) is 0 Å². The van der Waals surface area contributed by atoms with Crippen LogP contribution in [0.5, 0.6) is 5.75 Å². The molecule has 1 aliphatic carbocycles. The summed E-state index contributed by atoms with van der Waals surface area (Å²) in [6.07, 6.45) is -0.849. The van der Waals surface area contributed by atoms with Crippen molar-refractivity contribution in [1.82, 2.24) is 0 Å². The molecule has 0 amide bonds. The van der Waals surface area contributed by atoms with Crippen molar-refractivity contribution in [3.8, 4) is 5.75 Å². The van der Waals surface area contributed by atoms with Crippen molar-refractivity contribution in [2.45, 2.75) is 28.6 Å². The summed E-state index contributed by atoms with van der Waals surface area (Å²) in [5.41, 5.74) is -0.318. The van der Waals surface area contributed by atoms with Crippen molar-refractivity contribution in [1.29, 1.82) is 0 Å². The molecule has 162 valence electrons. The molecule has 1 saturated carbocycles. The van der Waals surface area contributed by atoms with Gasteiger partial charge in [0.25, 0.3) is 0 Å². The van der Waals surface area contributed by atoms with Gasteiger partial charge in [-0.3, -0.25) is 0 Å². The number of ether oxygens (including phenoxy) is 2. The monoisotopic (exact) mass is 458 g/mol. The smallest absolute Gasteiger partial charge is 0.188 e. The molecule has 0 spiro atoms. The molecule has 4 atom stereocenters. The minimum Gasteiger partial charge on any atom is -0.490 e. The molecule has 0 bridgehead atoms. The summed E-state index contributed by atoms with van der Waals surface area (Å²) in [4.78, 5) is -0.0547. The molecule has 1 aliphatic heterocycles. The van der Waals surface area contributed by atoms with E-state index in [9.17, 15) is 17.9 Å². The number of sulfone groups is 1. The van der Waals surface area contributed by atoms with Crippen molar-refractivity contribution in [3.63, 3.8) is 0 Å². The fourth-order valence-electron chi connectivity index (χ4n) is 4.90. The van der Waals surface area contributed by atoms with Gasteiger partial charge in [-0.05, 0) is 49.2 Å². The second-order valence-electron chi connectivity index (χ2n) is 7.72. The fourth-order valence-corrected chi connectivity index (χ4v) is 7.43. The maximum atomic E-state index is 15.2. The zero-order valence-corrected chi connectivity index (χ0v) is 17.7. The Bertz CT molecular complexity index is 1060. The minimum atomic E-state index is -4.24. The highest BCUT2D eigenvalue weighted by Gasteiger charge is 2.62. The zero-order valence-electron chi connectivity index (χ0n) is 16.1. The quantitative estimate of drug-likeness (QED) is 0.756. The molecule has 0 saturated heterocycles. The molecule has 2 aliphatic rings. The number of fused-ring (bicyclic) bond motifs is 3. The molecular formula is C21H21ClF2O5S. The Kier molecular flexibility index (Phi) is 5.55. The molecule has 4 rings (SSSR count). The van der Waals surface area contributed by atoms with E-state index in [2.05, 4.69) is 0 Å². The van der Waals surface area contributed by atoms with Gasteiger partial charge in [-0.1, -0.05) is 11.6 Å². The van der Waals surface area contributed by atoms with E-state index in [1.165, 1.54) is 31.4 Å². The highest BCUT2D eigenvalue weighted by molar-refractivity contribution is 7.92. The van der Waals surface area contributed by atoms with Crippen LogP contribution in [0, 0.1) is 23.5 Å². The summed E-state index contributed by atoms with van der Waals surface area (Å²) in [6, 6.07) is 7.41. The normalized spacial score (nSPS) is 28.4. The van der Waals surface area contributed by atoms with E-state index in [1.807, 2.05) is 0 Å². The van der Waals surface area contributed by atoms with Gasteiger partial charge in [-0.2, -0.15) is 0 Å². The van der Waals surface area contributed by atoms with Crippen LogP contribution >= 0.6 is 11.6 Å². The van der Waals surface area contributed by atoms with E-state index in [4.69, 9.17) is 21.1 Å². The number of benzene rings is 2. The molecule has 1 heterocycles. The number of aliphatic hydroxyl groups excluding tert-OH is 1. The topological polar surface area (TPSA) is 72.8 Å². The van der Waals surface area contributed by atoms with Gasteiger partial charge in [-0.25, -0.2) is 17.2 Å². The van der Waals surface area contributed by atoms with Crippen LogP contribution in [0.3, 0.4) is 0 Å². The van der Waals surface area contributed by atoms with Crippen LogP contribution < -0.4 is 4.74 Å². The van der Waals surface area contributed by atoms with Crippen molar-refractivity contribution in [2.75, 3.05) is 20.3 Å². The van der Waals surface area contributed by atoms with Crippen LogP contribution in [0.25, 0.3) is 0 Å². The van der Waals surface area contributed by atoms with E-state index in [0.717, 1.165) is 12.1 Å². The molecule has 0 radical (unpaired) electrons. The van der Waals surface area contributed by atoms with Gasteiger partial charge in [0.1, 0.15) is 10.6 Å². The largest absolute Gasteiger partial charge is 0.490 e. The molecular weight excluding hydrogens is 438 g/mol. The first-order valence-corrected chi connectivity index (χ1v) is 11.4. The van der Waals surface area contributed by atoms with Crippen LogP contribution in [-0.4, -0.2) is 40.0 Å². The van der Waals surface area contributed by atoms with E-state index < -0.39 is 49.9 Å². The molecule has 2 aromatic carbocycles. The van der Waals surface area contributed by atoms with Gasteiger partial charge >= 0.3 is 0 Å². The van der Waals surface area contributed by atoms with Gasteiger partial charge in [0.15, 0.2) is 21.4 Å². The lowest BCUT2D eigenvalue weighted by Gasteiger charge is -2.51. The number of hydrogen-bond acceptors (Lipinski definition) is 5. The minimum absolute atomic E-state index is 0.0547. The molecule has 0 unspecified atom stereocenters. The Balaban J connectivity index is 2.03. The first kappa shape index (κ1) is 21.5. The summed E-state index contributed by atoms with van der Waals surface area (Å²) in [6.45, 7) is -0.134. The average Bonchev–Trinajstić information content (AvgIpc) is 2.72. The molecule has 1 N–H and O–H groups in total. The Morgan fingerprint density at radius 2 is 1.87 bits per heavy atom. The summed E-state index contributed by atoms with van der Waals surface area (Å²) in [7, 11) is -2.80. The van der Waals surface area contributed by atoms with Crippen LogP contribution in [-0.2, 0) is 19.3 Å². The second-order valence-corrected chi connectivity index (χ2v) is 10.4. The van der Waals surface area contributed by atoms with Gasteiger partial charge in [0, 0.05) is 24.0 Å². The second kappa shape index (κ2) is 7.75. The van der Waals surface area contributed by atoms with Gasteiger partial charge in [-0.15, -0.1) is 0 Å². The van der Waals surface area contributed by atoms with Gasteiger partial charge < -0.3 is 14.6 Å². The number of methoxy groups -OCH3 is 1. The van der Waals surface area contributed by atoms with Crippen LogP contribution in [0.15, 0.2) is 41.3 Å². The Labute approximate surface area is 178 Å². The molecule has 5 nitrogen and oxygen atoms in total.